The average molecular weight is 484 g/mol. The molecule has 0 radical (unpaired) electrons. The van der Waals surface area contributed by atoms with E-state index in [1.54, 1.807) is 4.90 Å². The molecule has 7 nitrogen and oxygen atoms in total. The molecule has 1 aromatic rings. The first-order valence-electron chi connectivity index (χ1n) is 13.3. The minimum Gasteiger partial charge on any atom is -0.444 e. The van der Waals surface area contributed by atoms with Crippen molar-refractivity contribution in [1.82, 2.24) is 15.5 Å². The zero-order valence-corrected chi connectivity index (χ0v) is 21.5. The van der Waals surface area contributed by atoms with Gasteiger partial charge >= 0.3 is 6.09 Å². The molecule has 2 N–H and O–H groups in total. The molecule has 35 heavy (non-hydrogen) atoms. The monoisotopic (exact) mass is 483 g/mol. The van der Waals surface area contributed by atoms with E-state index in [-0.39, 0.29) is 17.7 Å². The molecule has 4 rings (SSSR count). The van der Waals surface area contributed by atoms with E-state index in [1.807, 2.05) is 45.0 Å². The molecule has 3 aliphatic rings. The lowest BCUT2D eigenvalue weighted by molar-refractivity contribution is -0.128. The average Bonchev–Trinajstić information content (AvgIpc) is 3.34. The van der Waals surface area contributed by atoms with Crippen LogP contribution in [0.25, 0.3) is 0 Å². The van der Waals surface area contributed by atoms with Gasteiger partial charge in [0.2, 0.25) is 11.8 Å². The summed E-state index contributed by atoms with van der Waals surface area (Å²) in [6.07, 6.45) is 8.30. The van der Waals surface area contributed by atoms with Gasteiger partial charge in [0, 0.05) is 24.9 Å². The van der Waals surface area contributed by atoms with Gasteiger partial charge in [-0.15, -0.1) is 0 Å². The van der Waals surface area contributed by atoms with Crippen LogP contribution in [0.1, 0.15) is 83.3 Å². The molecule has 192 valence electrons. The Balaban J connectivity index is 1.30. The lowest BCUT2D eigenvalue weighted by Gasteiger charge is -2.37. The van der Waals surface area contributed by atoms with Gasteiger partial charge in [-0.05, 0) is 76.3 Å². The molecular formula is C28H41N3O4. The topological polar surface area (TPSA) is 87.7 Å². The Labute approximate surface area is 209 Å². The maximum absolute atomic E-state index is 13.3. The zero-order valence-electron chi connectivity index (χ0n) is 21.5. The van der Waals surface area contributed by atoms with Gasteiger partial charge in [0.1, 0.15) is 11.6 Å². The summed E-state index contributed by atoms with van der Waals surface area (Å²) in [5.41, 5.74) is 1.52. The lowest BCUT2D eigenvalue weighted by Crippen LogP contribution is -2.54. The standard InChI is InChI=1S/C28H41N3O4/c1-28(2,3)35-27(34)31-18-22-9-5-4-8-21(22)16-24(31)26(33)29-17-19-12-14-20(15-13-19)25(32)30-23-10-6-7-11-23/h4-5,8-9,19-20,23-24H,6-7,10-18H2,1-3H3,(H,29,33)(H,30,32)/t19?,20?,24-/m1/s1. The summed E-state index contributed by atoms with van der Waals surface area (Å²) < 4.78 is 5.62. The first kappa shape index (κ1) is 25.5. The molecule has 1 atom stereocenters. The summed E-state index contributed by atoms with van der Waals surface area (Å²) in [5, 5.41) is 6.35. The Kier molecular flexibility index (Phi) is 8.02. The molecule has 0 saturated heterocycles. The van der Waals surface area contributed by atoms with Crippen molar-refractivity contribution in [1.29, 1.82) is 0 Å². The smallest absolute Gasteiger partial charge is 0.411 e. The van der Waals surface area contributed by atoms with Crippen molar-refractivity contribution in [2.45, 2.75) is 103 Å². The highest BCUT2D eigenvalue weighted by atomic mass is 16.6. The van der Waals surface area contributed by atoms with Gasteiger partial charge < -0.3 is 15.4 Å². The second-order valence-electron chi connectivity index (χ2n) is 11.5. The molecule has 0 unspecified atom stereocenters. The van der Waals surface area contributed by atoms with Gasteiger partial charge in [-0.2, -0.15) is 0 Å². The largest absolute Gasteiger partial charge is 0.444 e. The molecular weight excluding hydrogens is 442 g/mol. The zero-order chi connectivity index (χ0) is 25.0. The van der Waals surface area contributed by atoms with Gasteiger partial charge in [0.15, 0.2) is 0 Å². The fraction of sp³-hybridized carbons (Fsp3) is 0.679. The summed E-state index contributed by atoms with van der Waals surface area (Å²) in [6, 6.07) is 7.73. The van der Waals surface area contributed by atoms with Crippen molar-refractivity contribution in [3.8, 4) is 0 Å². The molecule has 0 bridgehead atoms. The number of benzene rings is 1. The second kappa shape index (κ2) is 11.0. The fourth-order valence-corrected chi connectivity index (χ4v) is 5.65. The highest BCUT2D eigenvalue weighted by Gasteiger charge is 2.37. The third-order valence-corrected chi connectivity index (χ3v) is 7.66. The number of ether oxygens (including phenoxy) is 1. The SMILES string of the molecule is CC(C)(C)OC(=O)N1Cc2ccccc2C[C@@H]1C(=O)NCC1CCC(C(=O)NC2CCCC2)CC1. The molecule has 1 aromatic carbocycles. The summed E-state index contributed by atoms with van der Waals surface area (Å²) in [4.78, 5) is 40.4. The van der Waals surface area contributed by atoms with Crippen LogP contribution in [0.4, 0.5) is 4.79 Å². The summed E-state index contributed by atoms with van der Waals surface area (Å²) >= 11 is 0. The van der Waals surface area contributed by atoms with Crippen LogP contribution in [0.3, 0.4) is 0 Å². The van der Waals surface area contributed by atoms with Crippen molar-refractivity contribution in [2.75, 3.05) is 6.54 Å². The molecule has 2 aliphatic carbocycles. The van der Waals surface area contributed by atoms with E-state index >= 15 is 0 Å². The Morgan fingerprint density at radius 1 is 0.943 bits per heavy atom. The number of nitrogens with zero attached hydrogens (tertiary/aromatic N) is 1. The molecule has 1 aliphatic heterocycles. The van der Waals surface area contributed by atoms with E-state index in [9.17, 15) is 14.4 Å². The first-order valence-corrected chi connectivity index (χ1v) is 13.3. The van der Waals surface area contributed by atoms with Crippen LogP contribution in [0, 0.1) is 11.8 Å². The van der Waals surface area contributed by atoms with Gasteiger partial charge in [-0.25, -0.2) is 4.79 Å². The van der Waals surface area contributed by atoms with E-state index in [0.717, 1.165) is 49.7 Å². The molecule has 7 heteroatoms. The van der Waals surface area contributed by atoms with Crippen molar-refractivity contribution in [3.05, 3.63) is 35.4 Å². The van der Waals surface area contributed by atoms with Crippen LogP contribution in [0.2, 0.25) is 0 Å². The van der Waals surface area contributed by atoms with Crippen LogP contribution >= 0.6 is 0 Å². The molecule has 0 aromatic heterocycles. The van der Waals surface area contributed by atoms with Crippen LogP contribution in [-0.2, 0) is 27.3 Å². The highest BCUT2D eigenvalue weighted by Crippen LogP contribution is 2.30. The number of carbonyl (C=O) groups excluding carboxylic acids is 3. The Morgan fingerprint density at radius 3 is 2.26 bits per heavy atom. The van der Waals surface area contributed by atoms with E-state index in [1.165, 1.54) is 12.8 Å². The van der Waals surface area contributed by atoms with Gasteiger partial charge in [-0.3, -0.25) is 14.5 Å². The van der Waals surface area contributed by atoms with Gasteiger partial charge in [0.25, 0.3) is 0 Å². The predicted molar refractivity (Wildman–Crippen MR) is 135 cm³/mol. The molecule has 2 fully saturated rings. The minimum atomic E-state index is -0.627. The molecule has 1 heterocycles. The van der Waals surface area contributed by atoms with Crippen LogP contribution in [0.5, 0.6) is 0 Å². The summed E-state index contributed by atoms with van der Waals surface area (Å²) in [5.74, 6) is 0.542. The van der Waals surface area contributed by atoms with Crippen LogP contribution in [-0.4, -0.2) is 47.0 Å². The number of carbonyl (C=O) groups is 3. The molecule has 2 saturated carbocycles. The van der Waals surface area contributed by atoms with Crippen molar-refractivity contribution in [3.63, 3.8) is 0 Å². The van der Waals surface area contributed by atoms with Crippen molar-refractivity contribution >= 4 is 17.9 Å². The van der Waals surface area contributed by atoms with Crippen molar-refractivity contribution in [2.24, 2.45) is 11.8 Å². The minimum absolute atomic E-state index is 0.0973. The normalized spacial score (nSPS) is 25.0. The Morgan fingerprint density at radius 2 is 1.60 bits per heavy atom. The lowest BCUT2D eigenvalue weighted by atomic mass is 9.81. The maximum Gasteiger partial charge on any atom is 0.411 e. The van der Waals surface area contributed by atoms with E-state index in [4.69, 9.17) is 4.74 Å². The predicted octanol–water partition coefficient (Wildman–Crippen LogP) is 4.33. The van der Waals surface area contributed by atoms with Crippen molar-refractivity contribution < 1.29 is 19.1 Å². The van der Waals surface area contributed by atoms with E-state index in [0.29, 0.717) is 31.5 Å². The maximum atomic E-state index is 13.3. The summed E-state index contributed by atoms with van der Waals surface area (Å²) in [7, 11) is 0. The Hall–Kier alpha value is -2.57. The van der Waals surface area contributed by atoms with Gasteiger partial charge in [-0.1, -0.05) is 37.1 Å². The first-order chi connectivity index (χ1) is 16.7. The quantitative estimate of drug-likeness (QED) is 0.653. The third kappa shape index (κ3) is 6.77. The number of fused-ring (bicyclic) bond motifs is 1. The van der Waals surface area contributed by atoms with Crippen LogP contribution < -0.4 is 10.6 Å². The number of hydrogen-bond donors (Lipinski definition) is 2. The highest BCUT2D eigenvalue weighted by molar-refractivity contribution is 5.86. The number of amides is 3. The van der Waals surface area contributed by atoms with E-state index < -0.39 is 17.7 Å². The number of rotatable bonds is 5. The third-order valence-electron chi connectivity index (χ3n) is 7.66. The van der Waals surface area contributed by atoms with E-state index in [2.05, 4.69) is 10.6 Å². The second-order valence-corrected chi connectivity index (χ2v) is 11.5. The van der Waals surface area contributed by atoms with Crippen LogP contribution in [0.15, 0.2) is 24.3 Å². The number of nitrogens with one attached hydrogen (secondary N) is 2. The molecule has 0 spiro atoms. The van der Waals surface area contributed by atoms with Gasteiger partial charge in [0.05, 0.1) is 6.54 Å². The fourth-order valence-electron chi connectivity index (χ4n) is 5.65. The summed E-state index contributed by atoms with van der Waals surface area (Å²) in [6.45, 7) is 6.45. The Bertz CT molecular complexity index is 911. The number of hydrogen-bond acceptors (Lipinski definition) is 4. The molecule has 3 amide bonds.